The highest BCUT2D eigenvalue weighted by atomic mass is 32.2. The van der Waals surface area contributed by atoms with E-state index >= 15 is 0 Å². The minimum absolute atomic E-state index is 0.0460. The molecule has 0 aliphatic heterocycles. The van der Waals surface area contributed by atoms with Gasteiger partial charge in [-0.1, -0.05) is 30.3 Å². The molecule has 4 rings (SSSR count). The number of amides is 1. The molecule has 0 unspecified atom stereocenters. The summed E-state index contributed by atoms with van der Waals surface area (Å²) in [6, 6.07) is 20.4. The van der Waals surface area contributed by atoms with Crippen LogP contribution in [-0.4, -0.2) is 45.4 Å². The van der Waals surface area contributed by atoms with E-state index in [0.717, 1.165) is 5.56 Å². The SMILES string of the molecule is COc1ccc(NS(=O)(=O)c2ccc3oc(S[C@H](C(=O)N(C)C)c4ccccc4)nc3c2)cc1. The Kier molecular flexibility index (Phi) is 6.80. The van der Waals surface area contributed by atoms with Gasteiger partial charge in [-0.15, -0.1) is 0 Å². The number of hydrogen-bond donors (Lipinski definition) is 1. The Morgan fingerprint density at radius 3 is 2.41 bits per heavy atom. The third-order valence-electron chi connectivity index (χ3n) is 4.98. The zero-order valence-electron chi connectivity index (χ0n) is 18.8. The van der Waals surface area contributed by atoms with Crippen LogP contribution in [0.4, 0.5) is 5.69 Å². The maximum Gasteiger partial charge on any atom is 0.261 e. The fraction of sp³-hybridized carbons (Fsp3) is 0.167. The fourth-order valence-corrected chi connectivity index (χ4v) is 5.37. The van der Waals surface area contributed by atoms with Gasteiger partial charge in [0.2, 0.25) is 5.91 Å². The first-order chi connectivity index (χ1) is 16.3. The summed E-state index contributed by atoms with van der Waals surface area (Å²) in [5.74, 6) is 0.518. The summed E-state index contributed by atoms with van der Waals surface area (Å²) in [4.78, 5) is 18.8. The minimum atomic E-state index is -3.85. The van der Waals surface area contributed by atoms with Crippen molar-refractivity contribution in [3.05, 3.63) is 78.4 Å². The molecule has 1 heterocycles. The Balaban J connectivity index is 1.60. The lowest BCUT2D eigenvalue weighted by molar-refractivity contribution is -0.128. The van der Waals surface area contributed by atoms with Crippen molar-refractivity contribution in [3.8, 4) is 5.75 Å². The van der Waals surface area contributed by atoms with E-state index in [1.54, 1.807) is 44.4 Å². The number of ether oxygens (including phenoxy) is 1. The highest BCUT2D eigenvalue weighted by molar-refractivity contribution is 8.00. The largest absolute Gasteiger partial charge is 0.497 e. The van der Waals surface area contributed by atoms with E-state index in [4.69, 9.17) is 9.15 Å². The quantitative estimate of drug-likeness (QED) is 0.356. The van der Waals surface area contributed by atoms with Crippen LogP contribution in [0.2, 0.25) is 0 Å². The number of aromatic nitrogens is 1. The fourth-order valence-electron chi connectivity index (χ4n) is 3.20. The molecule has 1 N–H and O–H groups in total. The number of benzene rings is 3. The van der Waals surface area contributed by atoms with Crippen LogP contribution < -0.4 is 9.46 Å². The van der Waals surface area contributed by atoms with E-state index in [2.05, 4.69) is 9.71 Å². The molecule has 0 aliphatic carbocycles. The summed E-state index contributed by atoms with van der Waals surface area (Å²) in [7, 11) is 1.08. The summed E-state index contributed by atoms with van der Waals surface area (Å²) in [5.41, 5.74) is 2.03. The summed E-state index contributed by atoms with van der Waals surface area (Å²) in [6.45, 7) is 0. The van der Waals surface area contributed by atoms with Gasteiger partial charge in [-0.2, -0.15) is 0 Å². The van der Waals surface area contributed by atoms with Crippen LogP contribution in [0.3, 0.4) is 0 Å². The molecule has 0 saturated carbocycles. The molecule has 34 heavy (non-hydrogen) atoms. The van der Waals surface area contributed by atoms with Gasteiger partial charge in [0.25, 0.3) is 15.2 Å². The molecule has 4 aromatic rings. The van der Waals surface area contributed by atoms with Gasteiger partial charge in [-0.3, -0.25) is 9.52 Å². The van der Waals surface area contributed by atoms with E-state index in [-0.39, 0.29) is 16.0 Å². The van der Waals surface area contributed by atoms with Gasteiger partial charge in [-0.25, -0.2) is 13.4 Å². The zero-order chi connectivity index (χ0) is 24.3. The number of hydrogen-bond acceptors (Lipinski definition) is 7. The van der Waals surface area contributed by atoms with Gasteiger partial charge in [0, 0.05) is 19.8 Å². The number of thioether (sulfide) groups is 1. The van der Waals surface area contributed by atoms with Crippen LogP contribution >= 0.6 is 11.8 Å². The summed E-state index contributed by atoms with van der Waals surface area (Å²) in [6.07, 6.45) is 0. The predicted molar refractivity (Wildman–Crippen MR) is 132 cm³/mol. The molecular formula is C24H23N3O5S2. The lowest BCUT2D eigenvalue weighted by Gasteiger charge is -2.19. The van der Waals surface area contributed by atoms with Gasteiger partial charge in [-0.05, 0) is 59.8 Å². The molecule has 0 bridgehead atoms. The maximum atomic E-state index is 12.9. The number of carbonyl (C=O) groups excluding carboxylic acids is 1. The van der Waals surface area contributed by atoms with E-state index in [9.17, 15) is 13.2 Å². The van der Waals surface area contributed by atoms with E-state index in [1.165, 1.54) is 35.9 Å². The molecule has 0 fully saturated rings. The highest BCUT2D eigenvalue weighted by Crippen LogP contribution is 2.37. The molecule has 176 valence electrons. The van der Waals surface area contributed by atoms with Gasteiger partial charge >= 0.3 is 0 Å². The van der Waals surface area contributed by atoms with Crippen molar-refractivity contribution in [3.63, 3.8) is 0 Å². The standard InChI is InChI=1S/C24H23N3O5S2/c1-27(2)23(28)22(16-7-5-4-6-8-16)33-24-25-20-15-19(13-14-21(20)32-24)34(29,30)26-17-9-11-18(31-3)12-10-17/h4-15,22,26H,1-3H3/t22-/m0/s1. The first-order valence-electron chi connectivity index (χ1n) is 10.3. The lowest BCUT2D eigenvalue weighted by Crippen LogP contribution is -2.26. The summed E-state index contributed by atoms with van der Waals surface area (Å²) in [5, 5.41) is -0.277. The Morgan fingerprint density at radius 2 is 1.76 bits per heavy atom. The first kappa shape index (κ1) is 23.7. The van der Waals surface area contributed by atoms with Crippen LogP contribution in [0.1, 0.15) is 10.8 Å². The van der Waals surface area contributed by atoms with Gasteiger partial charge < -0.3 is 14.1 Å². The van der Waals surface area contributed by atoms with Crippen LogP contribution in [-0.2, 0) is 14.8 Å². The van der Waals surface area contributed by atoms with Crippen LogP contribution in [0.5, 0.6) is 5.75 Å². The molecule has 3 aromatic carbocycles. The average Bonchev–Trinajstić information content (AvgIpc) is 3.25. The van der Waals surface area contributed by atoms with Crippen molar-refractivity contribution in [2.75, 3.05) is 25.9 Å². The van der Waals surface area contributed by atoms with Crippen molar-refractivity contribution in [1.29, 1.82) is 0 Å². The predicted octanol–water partition coefficient (Wildman–Crippen LogP) is 4.56. The van der Waals surface area contributed by atoms with Crippen molar-refractivity contribution in [2.45, 2.75) is 15.4 Å². The Bertz CT molecular complexity index is 1400. The van der Waals surface area contributed by atoms with Crippen LogP contribution in [0.25, 0.3) is 11.1 Å². The zero-order valence-corrected chi connectivity index (χ0v) is 20.4. The first-order valence-corrected chi connectivity index (χ1v) is 12.6. The maximum absolute atomic E-state index is 12.9. The number of nitrogens with zero attached hydrogens (tertiary/aromatic N) is 2. The number of sulfonamides is 1. The Hall–Kier alpha value is -3.50. The number of nitrogens with one attached hydrogen (secondary N) is 1. The summed E-state index contributed by atoms with van der Waals surface area (Å²) >= 11 is 1.18. The number of anilines is 1. The second-order valence-corrected chi connectivity index (χ2v) is 10.3. The van der Waals surface area contributed by atoms with Gasteiger partial charge in [0.15, 0.2) is 5.58 Å². The monoisotopic (exact) mass is 497 g/mol. The van der Waals surface area contributed by atoms with Crippen molar-refractivity contribution < 1.29 is 22.4 Å². The molecule has 10 heteroatoms. The van der Waals surface area contributed by atoms with E-state index < -0.39 is 15.3 Å². The Morgan fingerprint density at radius 1 is 1.06 bits per heavy atom. The van der Waals surface area contributed by atoms with Gasteiger partial charge in [0.1, 0.15) is 16.5 Å². The number of likely N-dealkylation sites (N-methyl/N-ethyl adjacent to an activating group) is 1. The van der Waals surface area contributed by atoms with Crippen LogP contribution in [0.15, 0.2) is 87.3 Å². The molecule has 0 saturated heterocycles. The second-order valence-electron chi connectivity index (χ2n) is 7.58. The molecule has 1 atom stereocenters. The number of methoxy groups -OCH3 is 1. The molecular weight excluding hydrogens is 474 g/mol. The van der Waals surface area contributed by atoms with Gasteiger partial charge in [0.05, 0.1) is 12.0 Å². The topological polar surface area (TPSA) is 102 Å². The number of carbonyl (C=O) groups is 1. The van der Waals surface area contributed by atoms with Crippen molar-refractivity contribution in [1.82, 2.24) is 9.88 Å². The number of fused-ring (bicyclic) bond motifs is 1. The van der Waals surface area contributed by atoms with E-state index in [0.29, 0.717) is 22.5 Å². The molecule has 0 spiro atoms. The number of oxazole rings is 1. The average molecular weight is 498 g/mol. The normalized spacial score (nSPS) is 12.3. The Labute approximate surface area is 202 Å². The second kappa shape index (κ2) is 9.78. The number of rotatable bonds is 8. The molecule has 0 aliphatic rings. The third kappa shape index (κ3) is 5.18. The molecule has 1 amide bonds. The highest BCUT2D eigenvalue weighted by Gasteiger charge is 2.26. The summed E-state index contributed by atoms with van der Waals surface area (Å²) < 4.78 is 39.2. The van der Waals surface area contributed by atoms with E-state index in [1.807, 2.05) is 30.3 Å². The van der Waals surface area contributed by atoms with Crippen molar-refractivity contribution in [2.24, 2.45) is 0 Å². The molecule has 1 aromatic heterocycles. The third-order valence-corrected chi connectivity index (χ3v) is 7.44. The lowest BCUT2D eigenvalue weighted by atomic mass is 10.1. The smallest absolute Gasteiger partial charge is 0.261 e. The minimum Gasteiger partial charge on any atom is -0.497 e. The molecule has 8 nitrogen and oxygen atoms in total. The molecule has 0 radical (unpaired) electrons. The van der Waals surface area contributed by atoms with Crippen LogP contribution in [0, 0.1) is 0 Å². The van der Waals surface area contributed by atoms with Crippen molar-refractivity contribution >= 4 is 44.5 Å².